The maximum Gasteiger partial charge on any atom is 0.180 e. The summed E-state index contributed by atoms with van der Waals surface area (Å²) in [5.74, 6) is 0.375. The molecule has 0 atom stereocenters. The third-order valence-electron chi connectivity index (χ3n) is 1.85. The first kappa shape index (κ1) is 13.9. The van der Waals surface area contributed by atoms with Gasteiger partial charge >= 0.3 is 0 Å². The molecule has 1 aromatic rings. The number of nitrogens with two attached hydrogens (primary N) is 1. The van der Waals surface area contributed by atoms with Crippen LogP contribution in [0.25, 0.3) is 0 Å². The lowest BCUT2D eigenvalue weighted by atomic mass is 10.2. The van der Waals surface area contributed by atoms with Gasteiger partial charge in [0.15, 0.2) is 16.7 Å². The second-order valence-electron chi connectivity index (χ2n) is 2.93. The minimum absolute atomic E-state index is 0.0115. The molecular weight excluding hydrogens is 306 g/mol. The normalized spacial score (nSPS) is 12.1. The Morgan fingerprint density at radius 2 is 2.29 bits per heavy atom. The van der Waals surface area contributed by atoms with Crippen molar-refractivity contribution in [3.63, 3.8) is 0 Å². The minimum atomic E-state index is 0.0115. The number of phenols is 1. The van der Waals surface area contributed by atoms with Crippen LogP contribution < -0.4 is 10.5 Å². The standard InChI is InChI=1S/C10H12BrN3O2S/c1-16-8-4-7(11)3-6(9(8)15)5-13-14-10(12)17-2/h3-5,15H,1-2H3,(H2,12,14)/b13-5-. The van der Waals surface area contributed by atoms with Crippen molar-refractivity contribution in [1.82, 2.24) is 0 Å². The van der Waals surface area contributed by atoms with Crippen LogP contribution in [0.3, 0.4) is 0 Å². The molecule has 17 heavy (non-hydrogen) atoms. The molecule has 0 amide bonds. The lowest BCUT2D eigenvalue weighted by molar-refractivity contribution is 0.373. The number of thioether (sulfide) groups is 1. The van der Waals surface area contributed by atoms with Gasteiger partial charge in [-0.3, -0.25) is 0 Å². The van der Waals surface area contributed by atoms with Crippen molar-refractivity contribution < 1.29 is 9.84 Å². The van der Waals surface area contributed by atoms with E-state index in [0.717, 1.165) is 4.47 Å². The van der Waals surface area contributed by atoms with Crippen LogP contribution in [0, 0.1) is 0 Å². The van der Waals surface area contributed by atoms with E-state index < -0.39 is 0 Å². The van der Waals surface area contributed by atoms with Gasteiger partial charge in [0.1, 0.15) is 0 Å². The predicted molar refractivity (Wildman–Crippen MR) is 75.1 cm³/mol. The van der Waals surface area contributed by atoms with Gasteiger partial charge in [-0.2, -0.15) is 5.10 Å². The lowest BCUT2D eigenvalue weighted by Gasteiger charge is -2.06. The summed E-state index contributed by atoms with van der Waals surface area (Å²) < 4.78 is 5.78. The lowest BCUT2D eigenvalue weighted by Crippen LogP contribution is -2.03. The number of aromatic hydroxyl groups is 1. The smallest absolute Gasteiger partial charge is 0.180 e. The van der Waals surface area contributed by atoms with Crippen LogP contribution in [0.5, 0.6) is 11.5 Å². The number of nitrogens with zero attached hydrogens (tertiary/aromatic N) is 2. The quantitative estimate of drug-likeness (QED) is 0.508. The molecule has 0 radical (unpaired) electrons. The first-order valence-corrected chi connectivity index (χ1v) is 6.57. The van der Waals surface area contributed by atoms with Crippen molar-refractivity contribution in [2.24, 2.45) is 15.9 Å². The molecule has 0 unspecified atom stereocenters. The summed E-state index contributed by atoms with van der Waals surface area (Å²) in [4.78, 5) is 0. The fourth-order valence-electron chi connectivity index (χ4n) is 1.04. The Morgan fingerprint density at radius 3 is 2.88 bits per heavy atom. The molecule has 1 rings (SSSR count). The summed E-state index contributed by atoms with van der Waals surface area (Å²) in [6.45, 7) is 0. The van der Waals surface area contributed by atoms with Crippen LogP contribution in [-0.4, -0.2) is 29.9 Å². The van der Waals surface area contributed by atoms with Crippen molar-refractivity contribution in [3.05, 3.63) is 22.2 Å². The first-order valence-electron chi connectivity index (χ1n) is 4.55. The van der Waals surface area contributed by atoms with Gasteiger partial charge in [0.2, 0.25) is 0 Å². The van der Waals surface area contributed by atoms with Gasteiger partial charge < -0.3 is 15.6 Å². The zero-order valence-corrected chi connectivity index (χ0v) is 11.7. The van der Waals surface area contributed by atoms with E-state index in [1.807, 2.05) is 0 Å². The Bertz CT molecular complexity index is 463. The molecule has 0 saturated heterocycles. The van der Waals surface area contributed by atoms with E-state index in [-0.39, 0.29) is 5.75 Å². The second-order valence-corrected chi connectivity index (χ2v) is 4.68. The molecule has 7 heteroatoms. The van der Waals surface area contributed by atoms with E-state index >= 15 is 0 Å². The highest BCUT2D eigenvalue weighted by Gasteiger charge is 2.07. The summed E-state index contributed by atoms with van der Waals surface area (Å²) in [5.41, 5.74) is 5.96. The van der Waals surface area contributed by atoms with Gasteiger partial charge in [0.25, 0.3) is 0 Å². The summed E-state index contributed by atoms with van der Waals surface area (Å²) in [7, 11) is 1.48. The van der Waals surface area contributed by atoms with Crippen molar-refractivity contribution in [2.45, 2.75) is 0 Å². The number of methoxy groups -OCH3 is 1. The average Bonchev–Trinajstić information content (AvgIpc) is 2.32. The van der Waals surface area contributed by atoms with Crippen LogP contribution in [0.1, 0.15) is 5.56 Å². The summed E-state index contributed by atoms with van der Waals surface area (Å²) in [5, 5.41) is 17.7. The molecule has 0 aromatic heterocycles. The molecule has 1 aromatic carbocycles. The number of ether oxygens (including phenoxy) is 1. The number of phenolic OH excluding ortho intramolecular Hbond substituents is 1. The second kappa shape index (κ2) is 6.51. The Morgan fingerprint density at radius 1 is 1.59 bits per heavy atom. The Labute approximate surface area is 112 Å². The fraction of sp³-hybridized carbons (Fsp3) is 0.200. The topological polar surface area (TPSA) is 80.2 Å². The van der Waals surface area contributed by atoms with Gasteiger partial charge in [-0.1, -0.05) is 27.7 Å². The van der Waals surface area contributed by atoms with Gasteiger partial charge in [-0.15, -0.1) is 5.10 Å². The number of hydrogen-bond acceptors (Lipinski definition) is 5. The monoisotopic (exact) mass is 317 g/mol. The third-order valence-corrected chi connectivity index (χ3v) is 2.81. The molecule has 3 N–H and O–H groups in total. The molecular formula is C10H12BrN3O2S. The van der Waals surface area contributed by atoms with Crippen molar-refractivity contribution in [3.8, 4) is 11.5 Å². The molecule has 0 aliphatic carbocycles. The van der Waals surface area contributed by atoms with E-state index in [9.17, 15) is 5.11 Å². The Kier molecular flexibility index (Phi) is 5.30. The molecule has 0 aliphatic rings. The van der Waals surface area contributed by atoms with Crippen LogP contribution in [0.15, 0.2) is 26.8 Å². The molecule has 5 nitrogen and oxygen atoms in total. The number of hydrogen-bond donors (Lipinski definition) is 2. The highest BCUT2D eigenvalue weighted by Crippen LogP contribution is 2.32. The molecule has 0 heterocycles. The number of rotatable bonds is 3. The van der Waals surface area contributed by atoms with E-state index in [1.165, 1.54) is 25.1 Å². The van der Waals surface area contributed by atoms with Crippen LogP contribution in [0.4, 0.5) is 0 Å². The summed E-state index contributed by atoms with van der Waals surface area (Å²) in [6.07, 6.45) is 3.21. The maximum absolute atomic E-state index is 9.81. The fourth-order valence-corrected chi connectivity index (χ4v) is 1.62. The highest BCUT2D eigenvalue weighted by molar-refractivity contribution is 9.10. The first-order chi connectivity index (χ1) is 8.08. The molecule has 92 valence electrons. The van der Waals surface area contributed by atoms with Crippen molar-refractivity contribution >= 4 is 39.1 Å². The summed E-state index contributed by atoms with van der Waals surface area (Å²) >= 11 is 4.60. The van der Waals surface area contributed by atoms with E-state index in [1.54, 1.807) is 18.4 Å². The minimum Gasteiger partial charge on any atom is -0.504 e. The van der Waals surface area contributed by atoms with E-state index in [4.69, 9.17) is 10.5 Å². The maximum atomic E-state index is 9.81. The van der Waals surface area contributed by atoms with E-state index in [2.05, 4.69) is 26.1 Å². The van der Waals surface area contributed by atoms with Gasteiger partial charge in [0.05, 0.1) is 13.3 Å². The largest absolute Gasteiger partial charge is 0.504 e. The Balaban J connectivity index is 3.02. The average molecular weight is 318 g/mol. The molecule has 0 spiro atoms. The van der Waals surface area contributed by atoms with Crippen molar-refractivity contribution in [1.29, 1.82) is 0 Å². The SMILES string of the molecule is COc1cc(Br)cc(/C=N\N=C(/N)SC)c1O. The molecule has 0 aliphatic heterocycles. The molecule has 0 bridgehead atoms. The molecule has 0 saturated carbocycles. The van der Waals surface area contributed by atoms with Gasteiger partial charge in [-0.25, -0.2) is 0 Å². The highest BCUT2D eigenvalue weighted by atomic mass is 79.9. The van der Waals surface area contributed by atoms with Crippen LogP contribution >= 0.6 is 27.7 Å². The number of halogens is 1. The van der Waals surface area contributed by atoms with Crippen LogP contribution in [0.2, 0.25) is 0 Å². The zero-order chi connectivity index (χ0) is 12.8. The van der Waals surface area contributed by atoms with Crippen molar-refractivity contribution in [2.75, 3.05) is 13.4 Å². The van der Waals surface area contributed by atoms with Crippen LogP contribution in [-0.2, 0) is 0 Å². The number of amidine groups is 1. The third kappa shape index (κ3) is 3.94. The van der Waals surface area contributed by atoms with E-state index in [0.29, 0.717) is 16.5 Å². The van der Waals surface area contributed by atoms with Gasteiger partial charge in [0, 0.05) is 10.0 Å². The van der Waals surface area contributed by atoms with Gasteiger partial charge in [-0.05, 0) is 18.4 Å². The predicted octanol–water partition coefficient (Wildman–Crippen LogP) is 2.17. The molecule has 0 fully saturated rings. The Hall–Kier alpha value is -1.21. The number of benzene rings is 1. The zero-order valence-electron chi connectivity index (χ0n) is 9.35. The summed E-state index contributed by atoms with van der Waals surface area (Å²) in [6, 6.07) is 3.36.